The van der Waals surface area contributed by atoms with Gasteiger partial charge in [0, 0.05) is 13.6 Å². The van der Waals surface area contributed by atoms with Gasteiger partial charge < -0.3 is 41.7 Å². The summed E-state index contributed by atoms with van der Waals surface area (Å²) in [6.45, 7) is 4.05. The minimum atomic E-state index is -1.46. The number of aliphatic hydroxyl groups excluding tert-OH is 1. The monoisotopic (exact) mass is 704 g/mol. The van der Waals surface area contributed by atoms with Crippen LogP contribution in [0.25, 0.3) is 0 Å². The smallest absolute Gasteiger partial charge is 0.325 e. The van der Waals surface area contributed by atoms with Crippen LogP contribution in [0.5, 0.6) is 0 Å². The van der Waals surface area contributed by atoms with Crippen LogP contribution in [0.4, 0.5) is 0 Å². The first kappa shape index (κ1) is 39.5. The van der Waals surface area contributed by atoms with E-state index in [1.165, 1.54) is 31.1 Å². The zero-order chi connectivity index (χ0) is 36.6. The highest BCUT2D eigenvalue weighted by Gasteiger charge is 2.49. The van der Waals surface area contributed by atoms with Gasteiger partial charge in [-0.2, -0.15) is 0 Å². The van der Waals surface area contributed by atoms with E-state index in [4.69, 9.17) is 10.5 Å². The van der Waals surface area contributed by atoms with Gasteiger partial charge in [0.2, 0.25) is 29.5 Å². The van der Waals surface area contributed by atoms with Crippen LogP contribution < -0.4 is 27.0 Å². The Balaban J connectivity index is 1.66. The van der Waals surface area contributed by atoms with Crippen molar-refractivity contribution in [1.29, 1.82) is 0 Å². The number of nitrogens with two attached hydrogens (primary N) is 1. The van der Waals surface area contributed by atoms with E-state index in [1.807, 2.05) is 6.92 Å². The van der Waals surface area contributed by atoms with Crippen molar-refractivity contribution >= 4 is 35.5 Å². The molecule has 3 saturated carbocycles. The second kappa shape index (κ2) is 17.8. The molecule has 0 aromatic rings. The molecule has 50 heavy (non-hydrogen) atoms. The number of carbonyl (C=O) groups excluding carboxylic acids is 6. The Morgan fingerprint density at radius 1 is 0.920 bits per heavy atom. The molecule has 0 aromatic carbocycles. The summed E-state index contributed by atoms with van der Waals surface area (Å²) in [5.74, 6) is -4.55. The maximum Gasteiger partial charge on any atom is 0.325 e. The van der Waals surface area contributed by atoms with E-state index in [2.05, 4.69) is 21.3 Å². The molecule has 4 rings (SSSR count). The molecule has 0 bridgehead atoms. The number of esters is 1. The summed E-state index contributed by atoms with van der Waals surface area (Å²) in [6, 6.07) is -4.63. The molecule has 14 nitrogen and oxygen atoms in total. The highest BCUT2D eigenvalue weighted by molar-refractivity contribution is 5.96. The number of rotatable bonds is 7. The maximum absolute atomic E-state index is 14.1. The number of aliphatic hydroxyl groups is 1. The molecule has 1 heterocycles. The molecule has 7 N–H and O–H groups in total. The third-order valence-corrected chi connectivity index (χ3v) is 11.6. The lowest BCUT2D eigenvalue weighted by molar-refractivity contribution is -0.160. The fourth-order valence-electron chi connectivity index (χ4n) is 8.43. The lowest BCUT2D eigenvalue weighted by Crippen LogP contribution is -2.62. The fraction of sp³-hybridized carbons (Fsp3) is 0.833. The zero-order valence-electron chi connectivity index (χ0n) is 30.3. The second-order valence-electron chi connectivity index (χ2n) is 15.4. The first-order valence-electron chi connectivity index (χ1n) is 18.8. The van der Waals surface area contributed by atoms with Gasteiger partial charge >= 0.3 is 5.97 Å². The van der Waals surface area contributed by atoms with Gasteiger partial charge in [-0.15, -0.1) is 0 Å². The molecule has 4 aliphatic rings. The summed E-state index contributed by atoms with van der Waals surface area (Å²) < 4.78 is 5.89. The predicted molar refractivity (Wildman–Crippen MR) is 185 cm³/mol. The molecule has 14 heteroatoms. The Kier molecular flexibility index (Phi) is 14.1. The number of nitrogens with one attached hydrogen (secondary N) is 4. The molecule has 3 aliphatic carbocycles. The van der Waals surface area contributed by atoms with E-state index in [-0.39, 0.29) is 24.3 Å². The number of likely N-dealkylation sites (N-methyl/N-ethyl adjacent to an activating group) is 1. The van der Waals surface area contributed by atoms with E-state index in [9.17, 15) is 33.9 Å². The van der Waals surface area contributed by atoms with E-state index >= 15 is 0 Å². The third kappa shape index (κ3) is 9.74. The number of cyclic esters (lactones) is 1. The average molecular weight is 705 g/mol. The van der Waals surface area contributed by atoms with Crippen molar-refractivity contribution in [3.8, 4) is 0 Å². The highest BCUT2D eigenvalue weighted by Crippen LogP contribution is 2.60. The van der Waals surface area contributed by atoms with Crippen LogP contribution >= 0.6 is 0 Å². The van der Waals surface area contributed by atoms with Gasteiger partial charge in [-0.1, -0.05) is 52.4 Å². The van der Waals surface area contributed by atoms with Crippen LogP contribution in [0.3, 0.4) is 0 Å². The average Bonchev–Trinajstić information content (AvgIpc) is 3.34. The molecular weight excluding hydrogens is 644 g/mol. The van der Waals surface area contributed by atoms with Crippen LogP contribution in [-0.2, 0) is 33.5 Å². The van der Waals surface area contributed by atoms with Crippen molar-refractivity contribution in [1.82, 2.24) is 26.2 Å². The summed E-state index contributed by atoms with van der Waals surface area (Å²) >= 11 is 0. The second-order valence-corrected chi connectivity index (χ2v) is 15.4. The molecule has 0 aromatic heterocycles. The van der Waals surface area contributed by atoms with E-state index in [0.717, 1.165) is 38.5 Å². The Bertz CT molecular complexity index is 1220. The molecule has 282 valence electrons. The molecule has 5 amide bonds. The number of nitrogens with zero attached hydrogens (tertiary/aromatic N) is 1. The summed E-state index contributed by atoms with van der Waals surface area (Å²) in [5.41, 5.74) is 6.28. The standard InChI is InChI=1S/C36H60N6O8/c1-5-11-26-32(46)41-30(24-12-8-6-7-9-13-24)34(48)39-25(19-37)31(45)40-29(22(3)43)33(47)38-20-28(44)50-27(21(2)35(49)42(26)4)16-23-17-36(18-23)14-10-15-36/h21-27,29-30,43H,5-20,37H2,1-4H3,(H,38,47)(H,39,48)(H,40,45)(H,41,46)/t21-,22+,25+,26+,27-,29+,30+/m1/s1. The first-order valence-corrected chi connectivity index (χ1v) is 18.8. The van der Waals surface area contributed by atoms with Crippen LogP contribution in [-0.4, -0.2) is 102 Å². The van der Waals surface area contributed by atoms with E-state index in [1.54, 1.807) is 14.0 Å². The molecule has 1 spiro atoms. The normalized spacial score (nSPS) is 32.1. The van der Waals surface area contributed by atoms with Gasteiger partial charge in [-0.25, -0.2) is 0 Å². The lowest BCUT2D eigenvalue weighted by Gasteiger charge is -2.55. The Hall–Kier alpha value is -3.26. The number of hydrogen-bond donors (Lipinski definition) is 6. The molecule has 1 saturated heterocycles. The molecule has 0 unspecified atom stereocenters. The maximum atomic E-state index is 14.1. The van der Waals surface area contributed by atoms with Crippen molar-refractivity contribution in [3.05, 3.63) is 0 Å². The summed E-state index contributed by atoms with van der Waals surface area (Å²) in [6.07, 6.45) is 10.1. The number of hydrogen-bond acceptors (Lipinski definition) is 9. The molecule has 0 radical (unpaired) electrons. The van der Waals surface area contributed by atoms with Crippen LogP contribution in [0.2, 0.25) is 0 Å². The number of carbonyl (C=O) groups is 6. The van der Waals surface area contributed by atoms with Crippen LogP contribution in [0.1, 0.15) is 111 Å². The Labute approximate surface area is 296 Å². The fourth-order valence-corrected chi connectivity index (χ4v) is 8.43. The number of ether oxygens (including phenoxy) is 1. The van der Waals surface area contributed by atoms with Crippen molar-refractivity contribution in [2.75, 3.05) is 20.1 Å². The van der Waals surface area contributed by atoms with Crippen molar-refractivity contribution in [2.45, 2.75) is 147 Å². The van der Waals surface area contributed by atoms with Crippen LogP contribution in [0.15, 0.2) is 0 Å². The van der Waals surface area contributed by atoms with Crippen molar-refractivity contribution in [3.63, 3.8) is 0 Å². The minimum Gasteiger partial charge on any atom is -0.460 e. The largest absolute Gasteiger partial charge is 0.460 e. The zero-order valence-corrected chi connectivity index (χ0v) is 30.3. The minimum absolute atomic E-state index is 0.208. The topological polar surface area (TPSA) is 209 Å². The first-order chi connectivity index (χ1) is 23.8. The summed E-state index contributed by atoms with van der Waals surface area (Å²) in [4.78, 5) is 83.2. The van der Waals surface area contributed by atoms with Gasteiger partial charge in [0.25, 0.3) is 0 Å². The summed E-state index contributed by atoms with van der Waals surface area (Å²) in [5, 5.41) is 20.9. The number of amides is 5. The van der Waals surface area contributed by atoms with Crippen molar-refractivity contribution < 1.29 is 38.6 Å². The van der Waals surface area contributed by atoms with Gasteiger partial charge in [-0.05, 0) is 75.5 Å². The van der Waals surface area contributed by atoms with Gasteiger partial charge in [0.05, 0.1) is 12.0 Å². The van der Waals surface area contributed by atoms with Gasteiger partial charge in [0.15, 0.2) is 0 Å². The SMILES string of the molecule is CCC[C@H]1C(=O)N[C@@H](C2CCCCCC2)C(=O)N[C@@H](CN)C(=O)N[C@@H]([C@H](C)O)C(=O)NCC(=O)O[C@H](CC2CC3(CCC3)C2)[C@@H](C)C(=O)N1C. The van der Waals surface area contributed by atoms with E-state index < -0.39 is 78.4 Å². The Morgan fingerprint density at radius 3 is 2.14 bits per heavy atom. The quantitative estimate of drug-likeness (QED) is 0.165. The highest BCUT2D eigenvalue weighted by atomic mass is 16.5. The van der Waals surface area contributed by atoms with E-state index in [0.29, 0.717) is 37.5 Å². The molecular formula is C36H60N6O8. The van der Waals surface area contributed by atoms with Crippen LogP contribution in [0, 0.1) is 23.2 Å². The molecule has 4 fully saturated rings. The molecule has 7 atom stereocenters. The predicted octanol–water partition coefficient (Wildman–Crippen LogP) is 1.03. The van der Waals surface area contributed by atoms with Gasteiger partial charge in [0.1, 0.15) is 36.8 Å². The molecule has 1 aliphatic heterocycles. The van der Waals surface area contributed by atoms with Gasteiger partial charge in [-0.3, -0.25) is 28.8 Å². The van der Waals surface area contributed by atoms with Crippen molar-refractivity contribution in [2.24, 2.45) is 28.9 Å². The third-order valence-electron chi connectivity index (χ3n) is 11.6. The lowest BCUT2D eigenvalue weighted by atomic mass is 9.51. The Morgan fingerprint density at radius 2 is 1.58 bits per heavy atom. The summed E-state index contributed by atoms with van der Waals surface area (Å²) in [7, 11) is 1.57.